The van der Waals surface area contributed by atoms with Gasteiger partial charge in [-0.2, -0.15) is 0 Å². The quantitative estimate of drug-likeness (QED) is 0.841. The zero-order valence-electron chi connectivity index (χ0n) is 11.2. The molecule has 0 aromatic heterocycles. The molecule has 2 nitrogen and oxygen atoms in total. The smallest absolute Gasteiger partial charge is 0.0623 e. The largest absolute Gasteiger partial charge is 0.398 e. The standard InChI is InChI=1S/C16H21NOS/c17-14-3-1-2-4-15(14)19(18)16-8-11-5-12(9-16)7-13(6-11)10-16/h1-4,11-13H,5-10,17H2. The number of nitrogen functional groups attached to an aromatic ring is 1. The van der Waals surface area contributed by atoms with E-state index in [1.54, 1.807) is 0 Å². The first-order valence-electron chi connectivity index (χ1n) is 7.43. The first-order valence-corrected chi connectivity index (χ1v) is 8.58. The summed E-state index contributed by atoms with van der Waals surface area (Å²) in [4.78, 5) is 0.879. The second-order valence-electron chi connectivity index (χ2n) is 6.91. The topological polar surface area (TPSA) is 43.1 Å². The first-order chi connectivity index (χ1) is 9.16. The van der Waals surface area contributed by atoms with Gasteiger partial charge in [-0.3, -0.25) is 4.21 Å². The third kappa shape index (κ3) is 1.78. The Labute approximate surface area is 117 Å². The summed E-state index contributed by atoms with van der Waals surface area (Å²) < 4.78 is 13.2. The lowest BCUT2D eigenvalue weighted by Gasteiger charge is -2.56. The Kier molecular flexibility index (Phi) is 2.57. The van der Waals surface area contributed by atoms with Crippen molar-refractivity contribution in [2.24, 2.45) is 17.8 Å². The highest BCUT2D eigenvalue weighted by Gasteiger charge is 2.54. The Hall–Kier alpha value is -0.830. The maximum Gasteiger partial charge on any atom is 0.0623 e. The van der Waals surface area contributed by atoms with E-state index in [4.69, 9.17) is 5.73 Å². The van der Waals surface area contributed by atoms with Crippen LogP contribution >= 0.6 is 0 Å². The molecule has 5 rings (SSSR count). The van der Waals surface area contributed by atoms with Gasteiger partial charge >= 0.3 is 0 Å². The second-order valence-corrected chi connectivity index (χ2v) is 8.75. The number of hydrogen-bond acceptors (Lipinski definition) is 2. The molecule has 19 heavy (non-hydrogen) atoms. The van der Waals surface area contributed by atoms with Crippen LogP contribution in [-0.2, 0) is 10.8 Å². The fourth-order valence-electron chi connectivity index (χ4n) is 5.14. The van der Waals surface area contributed by atoms with Crippen molar-refractivity contribution in [2.45, 2.75) is 48.2 Å². The van der Waals surface area contributed by atoms with Crippen molar-refractivity contribution in [3.63, 3.8) is 0 Å². The van der Waals surface area contributed by atoms with Crippen LogP contribution in [0.2, 0.25) is 0 Å². The van der Waals surface area contributed by atoms with Crippen molar-refractivity contribution in [1.29, 1.82) is 0 Å². The average Bonchev–Trinajstić information content (AvgIpc) is 2.37. The highest BCUT2D eigenvalue weighted by Crippen LogP contribution is 2.58. The Bertz CT molecular complexity index is 504. The summed E-state index contributed by atoms with van der Waals surface area (Å²) in [6, 6.07) is 7.73. The minimum Gasteiger partial charge on any atom is -0.398 e. The molecule has 4 bridgehead atoms. The SMILES string of the molecule is Nc1ccccc1S(=O)C12CC3CC(CC(C3)C1)C2. The van der Waals surface area contributed by atoms with Crippen LogP contribution in [0.15, 0.2) is 29.2 Å². The minimum atomic E-state index is -0.925. The van der Waals surface area contributed by atoms with E-state index >= 15 is 0 Å². The maximum absolute atomic E-state index is 13.2. The summed E-state index contributed by atoms with van der Waals surface area (Å²) in [6.07, 6.45) is 7.67. The molecule has 1 aromatic carbocycles. The lowest BCUT2D eigenvalue weighted by atomic mass is 9.56. The molecule has 1 atom stereocenters. The summed E-state index contributed by atoms with van der Waals surface area (Å²) in [5.41, 5.74) is 6.75. The van der Waals surface area contributed by atoms with E-state index in [0.717, 1.165) is 22.6 Å². The lowest BCUT2D eigenvalue weighted by molar-refractivity contribution is 0.0361. The van der Waals surface area contributed by atoms with Crippen LogP contribution in [0.5, 0.6) is 0 Å². The monoisotopic (exact) mass is 275 g/mol. The van der Waals surface area contributed by atoms with Crippen molar-refractivity contribution in [1.82, 2.24) is 0 Å². The highest BCUT2D eigenvalue weighted by molar-refractivity contribution is 7.86. The van der Waals surface area contributed by atoms with Gasteiger partial charge in [0.05, 0.1) is 20.4 Å². The Morgan fingerprint density at radius 1 is 1.00 bits per heavy atom. The van der Waals surface area contributed by atoms with Gasteiger partial charge in [-0.05, 0) is 68.4 Å². The Morgan fingerprint density at radius 2 is 1.53 bits per heavy atom. The fraction of sp³-hybridized carbons (Fsp3) is 0.625. The summed E-state index contributed by atoms with van der Waals surface area (Å²) in [6.45, 7) is 0. The van der Waals surface area contributed by atoms with Gasteiger partial charge in [0.25, 0.3) is 0 Å². The van der Waals surface area contributed by atoms with E-state index in [-0.39, 0.29) is 4.75 Å². The van der Waals surface area contributed by atoms with Gasteiger partial charge in [-0.15, -0.1) is 0 Å². The van der Waals surface area contributed by atoms with Crippen molar-refractivity contribution < 1.29 is 4.21 Å². The number of hydrogen-bond donors (Lipinski definition) is 1. The van der Waals surface area contributed by atoms with Crippen molar-refractivity contribution in [3.05, 3.63) is 24.3 Å². The van der Waals surface area contributed by atoms with Gasteiger partial charge in [0.1, 0.15) is 0 Å². The zero-order valence-corrected chi connectivity index (χ0v) is 12.0. The number of nitrogens with two attached hydrogens (primary N) is 1. The fourth-order valence-corrected chi connectivity index (χ4v) is 7.25. The summed E-state index contributed by atoms with van der Waals surface area (Å²) in [5, 5.41) is 0. The van der Waals surface area contributed by atoms with E-state index in [9.17, 15) is 4.21 Å². The molecule has 0 amide bonds. The van der Waals surface area contributed by atoms with Gasteiger partial charge in [0, 0.05) is 5.69 Å². The van der Waals surface area contributed by atoms with Crippen LogP contribution in [-0.4, -0.2) is 8.96 Å². The molecule has 0 spiro atoms. The molecule has 0 saturated heterocycles. The van der Waals surface area contributed by atoms with Crippen molar-refractivity contribution >= 4 is 16.5 Å². The molecular formula is C16H21NOS. The summed E-state index contributed by atoms with van der Waals surface area (Å²) >= 11 is 0. The van der Waals surface area contributed by atoms with Crippen LogP contribution in [0.4, 0.5) is 5.69 Å². The molecule has 3 heteroatoms. The molecule has 0 aliphatic heterocycles. The van der Waals surface area contributed by atoms with Gasteiger partial charge in [-0.1, -0.05) is 12.1 Å². The molecule has 1 unspecified atom stereocenters. The normalized spacial score (nSPS) is 41.4. The maximum atomic E-state index is 13.2. The Morgan fingerprint density at radius 3 is 2.05 bits per heavy atom. The third-order valence-corrected chi connectivity index (χ3v) is 7.55. The van der Waals surface area contributed by atoms with Crippen LogP contribution in [0.3, 0.4) is 0 Å². The number of rotatable bonds is 2. The molecule has 102 valence electrons. The van der Waals surface area contributed by atoms with Gasteiger partial charge < -0.3 is 5.73 Å². The van der Waals surface area contributed by atoms with Crippen LogP contribution in [0.25, 0.3) is 0 Å². The zero-order chi connectivity index (χ0) is 13.0. The minimum absolute atomic E-state index is 0.0459. The van der Waals surface area contributed by atoms with E-state index in [1.807, 2.05) is 24.3 Å². The number of para-hydroxylation sites is 1. The number of anilines is 1. The predicted octanol–water partition coefficient (Wildman–Crippen LogP) is 3.35. The molecular weight excluding hydrogens is 254 g/mol. The van der Waals surface area contributed by atoms with Crippen LogP contribution < -0.4 is 5.73 Å². The second kappa shape index (κ2) is 4.08. The molecule has 0 radical (unpaired) electrons. The molecule has 4 fully saturated rings. The third-order valence-electron chi connectivity index (χ3n) is 5.49. The van der Waals surface area contributed by atoms with E-state index in [1.165, 1.54) is 38.5 Å². The molecule has 0 heterocycles. The molecule has 4 saturated carbocycles. The van der Waals surface area contributed by atoms with Gasteiger partial charge in [-0.25, -0.2) is 0 Å². The Balaban J connectivity index is 1.72. The van der Waals surface area contributed by atoms with E-state index < -0.39 is 10.8 Å². The molecule has 2 N–H and O–H groups in total. The molecule has 1 aromatic rings. The first kappa shape index (κ1) is 12.0. The number of benzene rings is 1. The predicted molar refractivity (Wildman–Crippen MR) is 78.2 cm³/mol. The average molecular weight is 275 g/mol. The summed E-state index contributed by atoms with van der Waals surface area (Å²) in [5.74, 6) is 2.50. The van der Waals surface area contributed by atoms with Gasteiger partial charge in [0.2, 0.25) is 0 Å². The van der Waals surface area contributed by atoms with Crippen LogP contribution in [0.1, 0.15) is 38.5 Å². The van der Waals surface area contributed by atoms with E-state index in [2.05, 4.69) is 0 Å². The van der Waals surface area contributed by atoms with Crippen LogP contribution in [0, 0.1) is 17.8 Å². The molecule has 4 aliphatic carbocycles. The van der Waals surface area contributed by atoms with Crippen molar-refractivity contribution in [2.75, 3.05) is 5.73 Å². The summed E-state index contributed by atoms with van der Waals surface area (Å²) in [7, 11) is -0.925. The van der Waals surface area contributed by atoms with Crippen molar-refractivity contribution in [3.8, 4) is 0 Å². The van der Waals surface area contributed by atoms with E-state index in [0.29, 0.717) is 5.69 Å². The molecule has 4 aliphatic rings. The van der Waals surface area contributed by atoms with Gasteiger partial charge in [0.15, 0.2) is 0 Å². The lowest BCUT2D eigenvalue weighted by Crippen LogP contribution is -2.52. The highest BCUT2D eigenvalue weighted by atomic mass is 32.2.